The molecule has 1 aliphatic rings. The van der Waals surface area contributed by atoms with E-state index in [2.05, 4.69) is 37.9 Å². The van der Waals surface area contributed by atoms with Crippen molar-refractivity contribution >= 4 is 0 Å². The van der Waals surface area contributed by atoms with Crippen LogP contribution in [0.4, 0.5) is 0 Å². The molecule has 1 N–H and O–H groups in total. The fourth-order valence-corrected chi connectivity index (χ4v) is 1.84. The van der Waals surface area contributed by atoms with E-state index in [0.717, 1.165) is 12.5 Å². The van der Waals surface area contributed by atoms with Crippen molar-refractivity contribution in [3.05, 3.63) is 0 Å². The summed E-state index contributed by atoms with van der Waals surface area (Å²) < 4.78 is 0. The second-order valence-electron chi connectivity index (χ2n) is 4.20. The first-order valence-electron chi connectivity index (χ1n) is 5.12. The smallest absolute Gasteiger partial charge is 0.0218 e. The molecule has 1 aliphatic heterocycles. The van der Waals surface area contributed by atoms with E-state index in [1.807, 2.05) is 0 Å². The van der Waals surface area contributed by atoms with Crippen molar-refractivity contribution < 1.29 is 0 Å². The van der Waals surface area contributed by atoms with Crippen LogP contribution in [0, 0.1) is 5.92 Å². The van der Waals surface area contributed by atoms with Gasteiger partial charge in [-0.3, -0.25) is 4.90 Å². The number of piperazine rings is 1. The van der Waals surface area contributed by atoms with Gasteiger partial charge < -0.3 is 5.32 Å². The van der Waals surface area contributed by atoms with Gasteiger partial charge in [-0.05, 0) is 19.4 Å². The topological polar surface area (TPSA) is 15.3 Å². The van der Waals surface area contributed by atoms with Crippen LogP contribution in [0.25, 0.3) is 0 Å². The lowest BCUT2D eigenvalue weighted by atomic mass is 10.00. The van der Waals surface area contributed by atoms with Gasteiger partial charge in [-0.1, -0.05) is 20.8 Å². The average molecular weight is 170 g/mol. The van der Waals surface area contributed by atoms with Gasteiger partial charge in [-0.15, -0.1) is 0 Å². The molecule has 0 amide bonds. The standard InChI is InChI=1S/C10H22N2/c1-5-12-7-10(8(2)3)11-6-9(12)4/h8-11H,5-7H2,1-4H3. The molecule has 2 atom stereocenters. The maximum atomic E-state index is 3.59. The summed E-state index contributed by atoms with van der Waals surface area (Å²) in [5, 5.41) is 3.59. The van der Waals surface area contributed by atoms with E-state index in [0.29, 0.717) is 12.1 Å². The largest absolute Gasteiger partial charge is 0.311 e. The molecule has 2 unspecified atom stereocenters. The van der Waals surface area contributed by atoms with E-state index in [4.69, 9.17) is 0 Å². The van der Waals surface area contributed by atoms with Crippen LogP contribution < -0.4 is 5.32 Å². The number of hydrogen-bond acceptors (Lipinski definition) is 2. The van der Waals surface area contributed by atoms with Gasteiger partial charge in [0.25, 0.3) is 0 Å². The Morgan fingerprint density at radius 2 is 2.17 bits per heavy atom. The molecular formula is C10H22N2. The summed E-state index contributed by atoms with van der Waals surface area (Å²) in [5.74, 6) is 0.756. The normalized spacial score (nSPS) is 32.8. The molecule has 0 saturated carbocycles. The lowest BCUT2D eigenvalue weighted by Crippen LogP contribution is -2.56. The lowest BCUT2D eigenvalue weighted by molar-refractivity contribution is 0.130. The summed E-state index contributed by atoms with van der Waals surface area (Å²) in [6.45, 7) is 12.7. The van der Waals surface area contributed by atoms with Crippen molar-refractivity contribution in [2.24, 2.45) is 5.92 Å². The van der Waals surface area contributed by atoms with Crippen molar-refractivity contribution in [2.75, 3.05) is 19.6 Å². The molecule has 1 heterocycles. The molecule has 0 bridgehead atoms. The molecule has 72 valence electrons. The van der Waals surface area contributed by atoms with Crippen molar-refractivity contribution in [3.8, 4) is 0 Å². The van der Waals surface area contributed by atoms with Gasteiger partial charge in [0.1, 0.15) is 0 Å². The van der Waals surface area contributed by atoms with Crippen LogP contribution >= 0.6 is 0 Å². The van der Waals surface area contributed by atoms with Gasteiger partial charge in [-0.25, -0.2) is 0 Å². The number of likely N-dealkylation sites (N-methyl/N-ethyl adjacent to an activating group) is 1. The highest BCUT2D eigenvalue weighted by atomic mass is 15.2. The minimum atomic E-state index is 0.696. The first-order valence-corrected chi connectivity index (χ1v) is 5.12. The highest BCUT2D eigenvalue weighted by Crippen LogP contribution is 2.11. The third-order valence-electron chi connectivity index (χ3n) is 2.94. The molecule has 1 saturated heterocycles. The zero-order valence-electron chi connectivity index (χ0n) is 8.80. The summed E-state index contributed by atoms with van der Waals surface area (Å²) in [4.78, 5) is 2.56. The molecule has 1 rings (SSSR count). The van der Waals surface area contributed by atoms with E-state index in [1.54, 1.807) is 0 Å². The van der Waals surface area contributed by atoms with Gasteiger partial charge >= 0.3 is 0 Å². The Morgan fingerprint density at radius 3 is 2.67 bits per heavy atom. The Morgan fingerprint density at radius 1 is 1.50 bits per heavy atom. The number of nitrogens with one attached hydrogen (secondary N) is 1. The Bertz CT molecular complexity index is 134. The first-order chi connectivity index (χ1) is 5.65. The number of nitrogens with zero attached hydrogens (tertiary/aromatic N) is 1. The van der Waals surface area contributed by atoms with E-state index in [9.17, 15) is 0 Å². The molecule has 2 heteroatoms. The molecule has 1 fully saturated rings. The Kier molecular flexibility index (Phi) is 3.53. The lowest BCUT2D eigenvalue weighted by Gasteiger charge is -2.39. The molecule has 0 aromatic carbocycles. The zero-order valence-corrected chi connectivity index (χ0v) is 8.80. The third-order valence-corrected chi connectivity index (χ3v) is 2.94. The third kappa shape index (κ3) is 2.20. The van der Waals surface area contributed by atoms with E-state index < -0.39 is 0 Å². The van der Waals surface area contributed by atoms with Crippen LogP contribution in [0.5, 0.6) is 0 Å². The van der Waals surface area contributed by atoms with E-state index >= 15 is 0 Å². The summed E-state index contributed by atoms with van der Waals surface area (Å²) in [5.41, 5.74) is 0. The maximum Gasteiger partial charge on any atom is 0.0218 e. The fourth-order valence-electron chi connectivity index (χ4n) is 1.84. The van der Waals surface area contributed by atoms with E-state index in [1.165, 1.54) is 13.1 Å². The van der Waals surface area contributed by atoms with Gasteiger partial charge in [0, 0.05) is 25.2 Å². The zero-order chi connectivity index (χ0) is 9.14. The molecule has 12 heavy (non-hydrogen) atoms. The van der Waals surface area contributed by atoms with Crippen LogP contribution in [-0.4, -0.2) is 36.6 Å². The van der Waals surface area contributed by atoms with Crippen LogP contribution in [0.2, 0.25) is 0 Å². The van der Waals surface area contributed by atoms with E-state index in [-0.39, 0.29) is 0 Å². The van der Waals surface area contributed by atoms with Gasteiger partial charge in [0.2, 0.25) is 0 Å². The SMILES string of the molecule is CCN1CC(C(C)C)NCC1C. The highest BCUT2D eigenvalue weighted by Gasteiger charge is 2.24. The molecular weight excluding hydrogens is 148 g/mol. The van der Waals surface area contributed by atoms with Crippen molar-refractivity contribution in [1.29, 1.82) is 0 Å². The summed E-state index contributed by atoms with van der Waals surface area (Å²) in [7, 11) is 0. The van der Waals surface area contributed by atoms with Crippen LogP contribution in [0.15, 0.2) is 0 Å². The number of hydrogen-bond donors (Lipinski definition) is 1. The van der Waals surface area contributed by atoms with Crippen LogP contribution in [0.3, 0.4) is 0 Å². The molecule has 0 aromatic heterocycles. The monoisotopic (exact) mass is 170 g/mol. The Hall–Kier alpha value is -0.0800. The van der Waals surface area contributed by atoms with Crippen LogP contribution in [-0.2, 0) is 0 Å². The maximum absolute atomic E-state index is 3.59. The Balaban J connectivity index is 2.44. The molecule has 2 nitrogen and oxygen atoms in total. The van der Waals surface area contributed by atoms with Crippen molar-refractivity contribution in [1.82, 2.24) is 10.2 Å². The predicted molar refractivity (Wildman–Crippen MR) is 53.3 cm³/mol. The van der Waals surface area contributed by atoms with Gasteiger partial charge in [-0.2, -0.15) is 0 Å². The minimum Gasteiger partial charge on any atom is -0.311 e. The fraction of sp³-hybridized carbons (Fsp3) is 1.00. The summed E-state index contributed by atoms with van der Waals surface area (Å²) in [6, 6.07) is 1.41. The van der Waals surface area contributed by atoms with Crippen LogP contribution in [0.1, 0.15) is 27.7 Å². The molecule has 0 aromatic rings. The predicted octanol–water partition coefficient (Wildman–Crippen LogP) is 1.32. The molecule has 0 radical (unpaired) electrons. The molecule has 0 spiro atoms. The number of rotatable bonds is 2. The van der Waals surface area contributed by atoms with Gasteiger partial charge in [0.05, 0.1) is 0 Å². The Labute approximate surface area is 76.3 Å². The quantitative estimate of drug-likeness (QED) is 0.672. The summed E-state index contributed by atoms with van der Waals surface area (Å²) in [6.07, 6.45) is 0. The summed E-state index contributed by atoms with van der Waals surface area (Å²) >= 11 is 0. The highest BCUT2D eigenvalue weighted by molar-refractivity contribution is 4.84. The average Bonchev–Trinajstić information content (AvgIpc) is 2.05. The van der Waals surface area contributed by atoms with Crippen molar-refractivity contribution in [3.63, 3.8) is 0 Å². The van der Waals surface area contributed by atoms with Gasteiger partial charge in [0.15, 0.2) is 0 Å². The minimum absolute atomic E-state index is 0.696. The second-order valence-corrected chi connectivity index (χ2v) is 4.20. The first kappa shape index (κ1) is 10.0. The van der Waals surface area contributed by atoms with Crippen molar-refractivity contribution in [2.45, 2.75) is 39.8 Å². The second kappa shape index (κ2) is 4.24. The molecule has 0 aliphatic carbocycles.